The molecule has 0 saturated heterocycles. The molecule has 0 atom stereocenters. The van der Waals surface area contributed by atoms with Crippen molar-refractivity contribution in [1.82, 2.24) is 20.7 Å². The summed E-state index contributed by atoms with van der Waals surface area (Å²) in [5.74, 6) is 6.23. The van der Waals surface area contributed by atoms with E-state index in [2.05, 4.69) is 33.0 Å². The highest BCUT2D eigenvalue weighted by molar-refractivity contribution is 5.94. The van der Waals surface area contributed by atoms with Gasteiger partial charge in [-0.15, -0.1) is 0 Å². The van der Waals surface area contributed by atoms with E-state index in [0.717, 1.165) is 11.1 Å². The molecule has 2 rings (SSSR count). The molecule has 0 unspecified atom stereocenters. The molecule has 0 saturated carbocycles. The maximum Gasteiger partial charge on any atom is 0.265 e. The van der Waals surface area contributed by atoms with Crippen LogP contribution in [0.5, 0.6) is 0 Å². The number of rotatable bonds is 5. The maximum atomic E-state index is 11.9. The molecule has 27 heavy (non-hydrogen) atoms. The number of anilines is 1. The number of amides is 2. The SMILES string of the molecule is CNNC(=O)c1ccc(C)c(C#Cc2ccc(NC(=O)CN(C)C)nc2)c1. The summed E-state index contributed by atoms with van der Waals surface area (Å²) in [4.78, 5) is 29.6. The Morgan fingerprint density at radius 2 is 1.93 bits per heavy atom. The van der Waals surface area contributed by atoms with Crippen molar-refractivity contribution in [2.75, 3.05) is 33.0 Å². The Kier molecular flexibility index (Phi) is 7.06. The summed E-state index contributed by atoms with van der Waals surface area (Å²) >= 11 is 0. The summed E-state index contributed by atoms with van der Waals surface area (Å²) in [6.07, 6.45) is 1.60. The minimum absolute atomic E-state index is 0.126. The van der Waals surface area contributed by atoms with Crippen LogP contribution in [-0.2, 0) is 4.79 Å². The molecule has 0 fully saturated rings. The van der Waals surface area contributed by atoms with Gasteiger partial charge in [0.1, 0.15) is 5.82 Å². The number of aryl methyl sites for hydroxylation is 1. The number of carbonyl (C=O) groups excluding carboxylic acids is 2. The van der Waals surface area contributed by atoms with E-state index >= 15 is 0 Å². The van der Waals surface area contributed by atoms with Gasteiger partial charge in [0.2, 0.25) is 5.91 Å². The first-order valence-corrected chi connectivity index (χ1v) is 8.39. The number of hydrogen-bond acceptors (Lipinski definition) is 5. The molecule has 1 aromatic carbocycles. The zero-order valence-corrected chi connectivity index (χ0v) is 15.9. The summed E-state index contributed by atoms with van der Waals surface area (Å²) in [5, 5.41) is 2.72. The normalized spacial score (nSPS) is 10.1. The first-order chi connectivity index (χ1) is 12.9. The Morgan fingerprint density at radius 1 is 1.15 bits per heavy atom. The third kappa shape index (κ3) is 6.22. The molecule has 140 valence electrons. The quantitative estimate of drug-likeness (QED) is 0.547. The Hall–Kier alpha value is -3.21. The number of nitrogens with one attached hydrogen (secondary N) is 3. The summed E-state index contributed by atoms with van der Waals surface area (Å²) in [6, 6.07) is 8.85. The third-order valence-corrected chi connectivity index (χ3v) is 3.57. The zero-order valence-electron chi connectivity index (χ0n) is 15.9. The van der Waals surface area contributed by atoms with E-state index in [1.165, 1.54) is 0 Å². The first-order valence-electron chi connectivity index (χ1n) is 8.39. The lowest BCUT2D eigenvalue weighted by molar-refractivity contribution is -0.116. The van der Waals surface area contributed by atoms with Crippen LogP contribution in [0.1, 0.15) is 27.0 Å². The molecule has 7 nitrogen and oxygen atoms in total. The minimum atomic E-state index is -0.222. The third-order valence-electron chi connectivity index (χ3n) is 3.57. The second-order valence-electron chi connectivity index (χ2n) is 6.20. The highest BCUT2D eigenvalue weighted by atomic mass is 16.2. The fourth-order valence-electron chi connectivity index (χ4n) is 2.23. The first kappa shape index (κ1) is 20.1. The van der Waals surface area contributed by atoms with E-state index in [-0.39, 0.29) is 11.8 Å². The van der Waals surface area contributed by atoms with Crippen LogP contribution in [0.3, 0.4) is 0 Å². The van der Waals surface area contributed by atoms with Gasteiger partial charge in [0.05, 0.1) is 6.54 Å². The number of pyridine rings is 1. The van der Waals surface area contributed by atoms with Crippen LogP contribution in [0.15, 0.2) is 36.5 Å². The molecule has 0 radical (unpaired) electrons. The largest absolute Gasteiger partial charge is 0.310 e. The van der Waals surface area contributed by atoms with Crippen LogP contribution in [0.25, 0.3) is 0 Å². The van der Waals surface area contributed by atoms with E-state index in [1.54, 1.807) is 42.4 Å². The van der Waals surface area contributed by atoms with Crippen LogP contribution in [-0.4, -0.2) is 49.4 Å². The van der Waals surface area contributed by atoms with Gasteiger partial charge in [-0.3, -0.25) is 15.0 Å². The van der Waals surface area contributed by atoms with Gasteiger partial charge >= 0.3 is 0 Å². The van der Waals surface area contributed by atoms with Gasteiger partial charge in [0, 0.05) is 29.9 Å². The average Bonchev–Trinajstić information content (AvgIpc) is 2.61. The van der Waals surface area contributed by atoms with Gasteiger partial charge < -0.3 is 10.2 Å². The second-order valence-corrected chi connectivity index (χ2v) is 6.20. The molecule has 0 spiro atoms. The fraction of sp³-hybridized carbons (Fsp3) is 0.250. The van der Waals surface area contributed by atoms with Crippen LogP contribution >= 0.6 is 0 Å². The number of benzene rings is 1. The summed E-state index contributed by atoms with van der Waals surface area (Å²) in [6.45, 7) is 2.23. The number of nitrogens with zero attached hydrogens (tertiary/aromatic N) is 2. The van der Waals surface area contributed by atoms with E-state index < -0.39 is 0 Å². The van der Waals surface area contributed by atoms with E-state index in [4.69, 9.17) is 0 Å². The number of hydrogen-bond donors (Lipinski definition) is 3. The number of aromatic nitrogens is 1. The molecule has 0 bridgehead atoms. The Bertz CT molecular complexity index is 879. The van der Waals surface area contributed by atoms with Crippen molar-refractivity contribution >= 4 is 17.6 Å². The van der Waals surface area contributed by atoms with E-state index in [0.29, 0.717) is 23.5 Å². The van der Waals surface area contributed by atoms with Gasteiger partial charge in [-0.05, 0) is 50.8 Å². The number of carbonyl (C=O) groups is 2. The van der Waals surface area contributed by atoms with Crippen molar-refractivity contribution in [2.45, 2.75) is 6.92 Å². The summed E-state index contributed by atoms with van der Waals surface area (Å²) in [5.41, 5.74) is 8.12. The monoisotopic (exact) mass is 365 g/mol. The summed E-state index contributed by atoms with van der Waals surface area (Å²) < 4.78 is 0. The zero-order chi connectivity index (χ0) is 19.8. The van der Waals surface area contributed by atoms with Crippen molar-refractivity contribution in [1.29, 1.82) is 0 Å². The van der Waals surface area contributed by atoms with E-state index in [1.807, 2.05) is 27.1 Å². The van der Waals surface area contributed by atoms with Crippen molar-refractivity contribution in [3.8, 4) is 11.8 Å². The second kappa shape index (κ2) is 9.48. The molecule has 0 aliphatic rings. The molecule has 3 N–H and O–H groups in total. The predicted molar refractivity (Wildman–Crippen MR) is 105 cm³/mol. The maximum absolute atomic E-state index is 11.9. The average molecular weight is 365 g/mol. The number of hydrazine groups is 1. The molecule has 0 aliphatic heterocycles. The highest BCUT2D eigenvalue weighted by Crippen LogP contribution is 2.11. The standard InChI is InChI=1S/C20H23N5O2/c1-14-5-8-17(20(27)24-21-2)11-16(14)9-6-15-7-10-18(22-12-15)23-19(26)13-25(3)4/h5,7-8,10-12,21H,13H2,1-4H3,(H,24,27)(H,22,23,26). The predicted octanol–water partition coefficient (Wildman–Crippen LogP) is 1.15. The molecule has 0 aliphatic carbocycles. The summed E-state index contributed by atoms with van der Waals surface area (Å²) in [7, 11) is 5.28. The fourth-order valence-corrected chi connectivity index (χ4v) is 2.23. The topological polar surface area (TPSA) is 86.4 Å². The highest BCUT2D eigenvalue weighted by Gasteiger charge is 2.06. The molecular weight excluding hydrogens is 342 g/mol. The van der Waals surface area contributed by atoms with Crippen molar-refractivity contribution < 1.29 is 9.59 Å². The van der Waals surface area contributed by atoms with Crippen LogP contribution in [0, 0.1) is 18.8 Å². The molecule has 1 heterocycles. The van der Waals surface area contributed by atoms with Crippen LogP contribution in [0.4, 0.5) is 5.82 Å². The molecule has 7 heteroatoms. The van der Waals surface area contributed by atoms with Gasteiger partial charge in [0.15, 0.2) is 0 Å². The van der Waals surface area contributed by atoms with Gasteiger partial charge in [-0.1, -0.05) is 17.9 Å². The smallest absolute Gasteiger partial charge is 0.265 e. The van der Waals surface area contributed by atoms with Crippen LogP contribution in [0.2, 0.25) is 0 Å². The van der Waals surface area contributed by atoms with Gasteiger partial charge in [-0.25, -0.2) is 10.4 Å². The van der Waals surface area contributed by atoms with Crippen molar-refractivity contribution in [2.24, 2.45) is 0 Å². The lowest BCUT2D eigenvalue weighted by Gasteiger charge is -2.09. The van der Waals surface area contributed by atoms with Gasteiger partial charge in [-0.2, -0.15) is 0 Å². The lowest BCUT2D eigenvalue weighted by Crippen LogP contribution is -2.34. The van der Waals surface area contributed by atoms with Crippen molar-refractivity contribution in [3.05, 3.63) is 58.8 Å². The molecule has 1 aromatic heterocycles. The van der Waals surface area contributed by atoms with Gasteiger partial charge in [0.25, 0.3) is 5.91 Å². The molecular formula is C20H23N5O2. The Labute approximate surface area is 159 Å². The molecule has 2 amide bonds. The lowest BCUT2D eigenvalue weighted by atomic mass is 10.0. The van der Waals surface area contributed by atoms with Crippen LogP contribution < -0.4 is 16.2 Å². The van der Waals surface area contributed by atoms with E-state index in [9.17, 15) is 9.59 Å². The number of likely N-dealkylation sites (N-methyl/N-ethyl adjacent to an activating group) is 1. The Morgan fingerprint density at radius 3 is 2.56 bits per heavy atom. The van der Waals surface area contributed by atoms with Crippen molar-refractivity contribution in [3.63, 3.8) is 0 Å². The molecule has 2 aromatic rings. The Balaban J connectivity index is 2.12. The minimum Gasteiger partial charge on any atom is -0.310 e.